The lowest BCUT2D eigenvalue weighted by Gasteiger charge is -2.13. The summed E-state index contributed by atoms with van der Waals surface area (Å²) in [6.07, 6.45) is 1.80. The Morgan fingerprint density at radius 3 is 2.44 bits per heavy atom. The lowest BCUT2D eigenvalue weighted by molar-refractivity contribution is -0.114. The van der Waals surface area contributed by atoms with Gasteiger partial charge in [-0.2, -0.15) is 10.1 Å². The summed E-state index contributed by atoms with van der Waals surface area (Å²) < 4.78 is 24.7. The third-order valence-electron chi connectivity index (χ3n) is 4.95. The van der Waals surface area contributed by atoms with E-state index >= 15 is 0 Å². The van der Waals surface area contributed by atoms with Crippen molar-refractivity contribution in [2.45, 2.75) is 20.5 Å². The summed E-state index contributed by atoms with van der Waals surface area (Å²) in [6, 6.07) is 21.0. The maximum Gasteiger partial charge on any atom is 0.280 e. The molecule has 0 radical (unpaired) electrons. The molecule has 0 aromatic heterocycles. The number of amides is 1. The number of hydrazone groups is 1. The fourth-order valence-electron chi connectivity index (χ4n) is 3.34. The van der Waals surface area contributed by atoms with Gasteiger partial charge in [-0.15, -0.1) is 0 Å². The molecule has 0 fully saturated rings. The number of hydrogen-bond acceptors (Lipinski definition) is 4. The van der Waals surface area contributed by atoms with Gasteiger partial charge in [-0.3, -0.25) is 4.79 Å². The largest absolute Gasteiger partial charge is 0.490 e. The molecule has 0 saturated heterocycles. The van der Waals surface area contributed by atoms with Crippen molar-refractivity contribution < 1.29 is 18.7 Å². The van der Waals surface area contributed by atoms with Gasteiger partial charge >= 0.3 is 0 Å². The van der Waals surface area contributed by atoms with Gasteiger partial charge in [-0.05, 0) is 67.4 Å². The second kappa shape index (κ2) is 9.47. The van der Waals surface area contributed by atoms with Gasteiger partial charge in [0.15, 0.2) is 11.5 Å². The van der Waals surface area contributed by atoms with Crippen LogP contribution in [0.25, 0.3) is 6.08 Å². The van der Waals surface area contributed by atoms with Crippen molar-refractivity contribution in [2.75, 3.05) is 11.6 Å². The molecule has 162 valence electrons. The highest BCUT2D eigenvalue weighted by Crippen LogP contribution is 2.31. The minimum atomic E-state index is -0.285. The highest BCUT2D eigenvalue weighted by molar-refractivity contribution is 6.32. The molecule has 0 saturated carbocycles. The van der Waals surface area contributed by atoms with E-state index in [2.05, 4.69) is 5.10 Å². The number of ether oxygens (including phenoxy) is 2. The zero-order chi connectivity index (χ0) is 22.5. The zero-order valence-corrected chi connectivity index (χ0v) is 17.9. The van der Waals surface area contributed by atoms with Crippen molar-refractivity contribution in [1.82, 2.24) is 0 Å². The van der Waals surface area contributed by atoms with Crippen LogP contribution in [0.3, 0.4) is 0 Å². The summed E-state index contributed by atoms with van der Waals surface area (Å²) in [6.45, 7) is 4.46. The normalized spacial score (nSPS) is 14.6. The smallest absolute Gasteiger partial charge is 0.280 e. The molecule has 0 aliphatic carbocycles. The number of nitrogens with zero attached hydrogens (tertiary/aromatic N) is 2. The Morgan fingerprint density at radius 2 is 1.72 bits per heavy atom. The number of halogens is 1. The first-order chi connectivity index (χ1) is 15.5. The number of hydrogen-bond donors (Lipinski definition) is 0. The monoisotopic (exact) mass is 430 g/mol. The van der Waals surface area contributed by atoms with Crippen molar-refractivity contribution in [3.8, 4) is 11.5 Å². The summed E-state index contributed by atoms with van der Waals surface area (Å²) >= 11 is 0. The zero-order valence-electron chi connectivity index (χ0n) is 17.9. The number of rotatable bonds is 7. The van der Waals surface area contributed by atoms with Gasteiger partial charge in [0.2, 0.25) is 0 Å². The SMILES string of the molecule is CCOc1cc(C=C2C(=O)N(c3ccccc3)N=C2C)ccc1OCc1ccc(F)cc1. The molecule has 0 N–H and O–H groups in total. The van der Waals surface area contributed by atoms with Crippen molar-refractivity contribution >= 4 is 23.4 Å². The molecule has 1 aliphatic heterocycles. The van der Waals surface area contributed by atoms with Crippen molar-refractivity contribution in [1.29, 1.82) is 0 Å². The van der Waals surface area contributed by atoms with Crippen LogP contribution >= 0.6 is 0 Å². The summed E-state index contributed by atoms with van der Waals surface area (Å²) in [5.74, 6) is 0.687. The molecule has 1 heterocycles. The number of para-hydroxylation sites is 1. The van der Waals surface area contributed by atoms with Gasteiger partial charge in [0.05, 0.1) is 23.6 Å². The Balaban J connectivity index is 1.55. The summed E-state index contributed by atoms with van der Waals surface area (Å²) in [4.78, 5) is 12.9. The minimum Gasteiger partial charge on any atom is -0.490 e. The highest BCUT2D eigenvalue weighted by atomic mass is 19.1. The molecule has 3 aromatic carbocycles. The molecule has 0 unspecified atom stereocenters. The molecule has 0 atom stereocenters. The van der Waals surface area contributed by atoms with Gasteiger partial charge in [0.25, 0.3) is 5.91 Å². The van der Waals surface area contributed by atoms with Gasteiger partial charge in [-0.1, -0.05) is 36.4 Å². The second-order valence-electron chi connectivity index (χ2n) is 7.25. The summed E-state index contributed by atoms with van der Waals surface area (Å²) in [5.41, 5.74) is 3.55. The molecule has 3 aromatic rings. The molecule has 0 spiro atoms. The van der Waals surface area contributed by atoms with E-state index in [9.17, 15) is 9.18 Å². The van der Waals surface area contributed by atoms with Crippen molar-refractivity contribution in [3.63, 3.8) is 0 Å². The van der Waals surface area contributed by atoms with E-state index in [1.807, 2.05) is 62.4 Å². The van der Waals surface area contributed by atoms with E-state index in [4.69, 9.17) is 9.47 Å². The first kappa shape index (κ1) is 21.3. The van der Waals surface area contributed by atoms with Crippen LogP contribution in [-0.4, -0.2) is 18.2 Å². The average molecular weight is 430 g/mol. The Kier molecular flexibility index (Phi) is 6.31. The van der Waals surface area contributed by atoms with Crippen LogP contribution in [0.5, 0.6) is 11.5 Å². The lowest BCUT2D eigenvalue weighted by Crippen LogP contribution is -2.21. The highest BCUT2D eigenvalue weighted by Gasteiger charge is 2.28. The molecular formula is C26H23FN2O3. The van der Waals surface area contributed by atoms with Crippen LogP contribution < -0.4 is 14.5 Å². The number of benzene rings is 3. The molecule has 4 rings (SSSR count). The van der Waals surface area contributed by atoms with Crippen LogP contribution in [0.4, 0.5) is 10.1 Å². The Bertz CT molecular complexity index is 1170. The van der Waals surface area contributed by atoms with E-state index in [0.717, 1.165) is 16.8 Å². The molecule has 5 nitrogen and oxygen atoms in total. The quantitative estimate of drug-likeness (QED) is 0.458. The number of carbonyl (C=O) groups excluding carboxylic acids is 1. The Hall–Kier alpha value is -3.93. The standard InChI is InChI=1S/C26H23FN2O3/c1-3-31-25-16-20(11-14-24(25)32-17-19-9-12-21(27)13-10-19)15-23-18(2)28-29(26(23)30)22-7-5-4-6-8-22/h4-16H,3,17H2,1-2H3. The lowest BCUT2D eigenvalue weighted by atomic mass is 10.1. The predicted octanol–water partition coefficient (Wildman–Crippen LogP) is 5.61. The van der Waals surface area contributed by atoms with Crippen LogP contribution in [-0.2, 0) is 11.4 Å². The molecule has 6 heteroatoms. The van der Waals surface area contributed by atoms with E-state index in [-0.39, 0.29) is 18.3 Å². The summed E-state index contributed by atoms with van der Waals surface area (Å²) in [5, 5.41) is 5.82. The van der Waals surface area contributed by atoms with Gasteiger partial charge < -0.3 is 9.47 Å². The van der Waals surface area contributed by atoms with Gasteiger partial charge in [0, 0.05) is 0 Å². The Labute approximate surface area is 186 Å². The van der Waals surface area contributed by atoms with Crippen LogP contribution in [0.1, 0.15) is 25.0 Å². The van der Waals surface area contributed by atoms with Crippen molar-refractivity contribution in [3.05, 3.63) is 95.3 Å². The topological polar surface area (TPSA) is 51.1 Å². The minimum absolute atomic E-state index is 0.178. The van der Waals surface area contributed by atoms with E-state index in [1.165, 1.54) is 17.1 Å². The fourth-order valence-corrected chi connectivity index (χ4v) is 3.34. The van der Waals surface area contributed by atoms with E-state index in [1.54, 1.807) is 18.2 Å². The first-order valence-corrected chi connectivity index (χ1v) is 10.4. The van der Waals surface area contributed by atoms with E-state index in [0.29, 0.717) is 29.4 Å². The second-order valence-corrected chi connectivity index (χ2v) is 7.25. The molecule has 32 heavy (non-hydrogen) atoms. The maximum absolute atomic E-state index is 13.1. The van der Waals surface area contributed by atoms with E-state index < -0.39 is 0 Å². The Morgan fingerprint density at radius 1 is 0.969 bits per heavy atom. The van der Waals surface area contributed by atoms with Crippen LogP contribution in [0.15, 0.2) is 83.5 Å². The fraction of sp³-hybridized carbons (Fsp3) is 0.154. The predicted molar refractivity (Wildman–Crippen MR) is 123 cm³/mol. The third kappa shape index (κ3) is 4.70. The average Bonchev–Trinajstić information content (AvgIpc) is 3.09. The number of anilines is 1. The molecule has 0 bridgehead atoms. The molecule has 1 aliphatic rings. The van der Waals surface area contributed by atoms with Gasteiger partial charge in [0.1, 0.15) is 12.4 Å². The van der Waals surface area contributed by atoms with Gasteiger partial charge in [-0.25, -0.2) is 4.39 Å². The molecular weight excluding hydrogens is 407 g/mol. The number of carbonyl (C=O) groups is 1. The van der Waals surface area contributed by atoms with Crippen LogP contribution in [0.2, 0.25) is 0 Å². The molecule has 1 amide bonds. The maximum atomic E-state index is 13.1. The van der Waals surface area contributed by atoms with Crippen molar-refractivity contribution in [2.24, 2.45) is 5.10 Å². The summed E-state index contributed by atoms with van der Waals surface area (Å²) in [7, 11) is 0. The first-order valence-electron chi connectivity index (χ1n) is 10.4. The third-order valence-corrected chi connectivity index (χ3v) is 4.95. The van der Waals surface area contributed by atoms with Crippen LogP contribution in [0, 0.1) is 5.82 Å².